The normalized spacial score (nSPS) is 18.4. The molecule has 2 aliphatic rings. The average Bonchev–Trinajstić information content (AvgIpc) is 3.18. The number of fused-ring (bicyclic) bond motifs is 3. The van der Waals surface area contributed by atoms with Gasteiger partial charge in [-0.15, -0.1) is 0 Å². The first-order valence-corrected chi connectivity index (χ1v) is 11.6. The van der Waals surface area contributed by atoms with Crippen molar-refractivity contribution in [1.29, 1.82) is 0 Å². The van der Waals surface area contributed by atoms with Crippen molar-refractivity contribution in [1.82, 2.24) is 24.6 Å². The van der Waals surface area contributed by atoms with Crippen LogP contribution in [0, 0.1) is 6.92 Å². The van der Waals surface area contributed by atoms with Gasteiger partial charge in [-0.2, -0.15) is 15.1 Å². The van der Waals surface area contributed by atoms with Crippen molar-refractivity contribution < 1.29 is 0 Å². The van der Waals surface area contributed by atoms with Crippen LogP contribution in [0.25, 0.3) is 11.9 Å². The molecule has 0 amide bonds. The second-order valence-corrected chi connectivity index (χ2v) is 9.11. The van der Waals surface area contributed by atoms with Crippen molar-refractivity contribution in [3.05, 3.63) is 59.4 Å². The molecule has 1 atom stereocenters. The number of benzene rings is 1. The number of anilines is 3. The van der Waals surface area contributed by atoms with E-state index in [2.05, 4.69) is 68.2 Å². The number of hydrogen-bond acceptors (Lipinski definition) is 7. The van der Waals surface area contributed by atoms with E-state index >= 15 is 0 Å². The largest absolute Gasteiger partial charge is 0.368 e. The number of nitrogens with zero attached hydrogens (tertiary/aromatic N) is 7. The zero-order valence-corrected chi connectivity index (χ0v) is 19.6. The molecule has 0 saturated carbocycles. The lowest BCUT2D eigenvalue weighted by Gasteiger charge is -2.46. The summed E-state index contributed by atoms with van der Waals surface area (Å²) in [6.45, 7) is 6.29. The molecule has 2 aromatic heterocycles. The number of rotatable bonds is 5. The molecule has 8 nitrogen and oxygen atoms in total. The van der Waals surface area contributed by atoms with Crippen molar-refractivity contribution in [3.63, 3.8) is 0 Å². The van der Waals surface area contributed by atoms with Crippen LogP contribution in [0.15, 0.2) is 42.6 Å². The van der Waals surface area contributed by atoms with E-state index in [9.17, 15) is 0 Å². The predicted octanol–water partition coefficient (Wildman–Crippen LogP) is 2.77. The minimum absolute atomic E-state index is 0.243. The summed E-state index contributed by atoms with van der Waals surface area (Å²) in [5.41, 5.74) is 11.0. The molecule has 1 aromatic carbocycles. The van der Waals surface area contributed by atoms with Crippen LogP contribution in [-0.2, 0) is 6.42 Å². The summed E-state index contributed by atoms with van der Waals surface area (Å²) in [7, 11) is 3.86. The molecule has 2 aliphatic heterocycles. The zero-order chi connectivity index (χ0) is 22.9. The second kappa shape index (κ2) is 8.86. The van der Waals surface area contributed by atoms with Gasteiger partial charge in [-0.3, -0.25) is 4.90 Å². The van der Waals surface area contributed by atoms with Gasteiger partial charge in [-0.05, 0) is 31.4 Å². The summed E-state index contributed by atoms with van der Waals surface area (Å²) in [4.78, 5) is 15.7. The molecule has 2 N–H and O–H groups in total. The number of nitrogen functional groups attached to an aromatic ring is 1. The van der Waals surface area contributed by atoms with Crippen LogP contribution in [-0.4, -0.2) is 71.0 Å². The summed E-state index contributed by atoms with van der Waals surface area (Å²) >= 11 is 0. The molecule has 1 fully saturated rings. The van der Waals surface area contributed by atoms with Crippen molar-refractivity contribution in [2.45, 2.75) is 25.8 Å². The third-order valence-electron chi connectivity index (χ3n) is 6.72. The Morgan fingerprint density at radius 2 is 2.03 bits per heavy atom. The highest BCUT2D eigenvalue weighted by Gasteiger charge is 2.30. The third kappa shape index (κ3) is 4.30. The van der Waals surface area contributed by atoms with Crippen LogP contribution < -0.4 is 15.5 Å². The number of piperazine rings is 1. The maximum Gasteiger partial charge on any atom is 0.224 e. The topological polar surface area (TPSA) is 79.3 Å². The molecule has 5 rings (SSSR count). The van der Waals surface area contributed by atoms with Crippen LogP contribution in [0.4, 0.5) is 17.5 Å². The van der Waals surface area contributed by atoms with Crippen molar-refractivity contribution in [2.24, 2.45) is 0 Å². The van der Waals surface area contributed by atoms with Crippen LogP contribution >= 0.6 is 0 Å². The van der Waals surface area contributed by atoms with E-state index < -0.39 is 0 Å². The fraction of sp³-hybridized carbons (Fsp3) is 0.400. The maximum absolute atomic E-state index is 5.91. The highest BCUT2D eigenvalue weighted by molar-refractivity contribution is 5.57. The van der Waals surface area contributed by atoms with E-state index in [0.29, 0.717) is 11.9 Å². The second-order valence-electron chi connectivity index (χ2n) is 9.11. The lowest BCUT2D eigenvalue weighted by atomic mass is 9.94. The van der Waals surface area contributed by atoms with Gasteiger partial charge in [-0.25, -0.2) is 4.68 Å². The van der Waals surface area contributed by atoms with Crippen LogP contribution in [0.5, 0.6) is 0 Å². The fourth-order valence-electron chi connectivity index (χ4n) is 4.90. The monoisotopic (exact) mass is 444 g/mol. The molecular formula is C25H32N8. The molecule has 33 heavy (non-hydrogen) atoms. The number of aromatic nitrogens is 4. The standard InChI is InChI=1S/C25H32N8/c1-18-20(16-27-33(18)24-15-23(30(2)3)28-25(26)29-24)8-6-12-31-13-14-32-21(17-31)11-10-19-7-4-5-9-22(19)32/h4-9,15-16,21H,10-14,17H2,1-3H3,(H2,26,28,29). The molecule has 172 valence electrons. The predicted molar refractivity (Wildman–Crippen MR) is 134 cm³/mol. The Hall–Kier alpha value is -3.39. The van der Waals surface area contributed by atoms with Gasteiger partial charge in [0.2, 0.25) is 5.95 Å². The van der Waals surface area contributed by atoms with E-state index in [1.807, 2.05) is 35.9 Å². The van der Waals surface area contributed by atoms with Gasteiger partial charge in [0.15, 0.2) is 5.82 Å². The number of aryl methyl sites for hydroxylation is 1. The van der Waals surface area contributed by atoms with E-state index in [-0.39, 0.29) is 5.95 Å². The van der Waals surface area contributed by atoms with Crippen molar-refractivity contribution in [2.75, 3.05) is 55.8 Å². The highest BCUT2D eigenvalue weighted by Crippen LogP contribution is 2.32. The first kappa shape index (κ1) is 21.5. The first-order valence-electron chi connectivity index (χ1n) is 11.6. The average molecular weight is 445 g/mol. The first-order chi connectivity index (χ1) is 16.0. The van der Waals surface area contributed by atoms with Gasteiger partial charge in [-0.1, -0.05) is 30.4 Å². The minimum Gasteiger partial charge on any atom is -0.368 e. The number of nitrogens with two attached hydrogens (primary N) is 1. The van der Waals surface area contributed by atoms with E-state index in [1.54, 1.807) is 0 Å². The molecule has 0 bridgehead atoms. The van der Waals surface area contributed by atoms with Crippen LogP contribution in [0.1, 0.15) is 23.2 Å². The molecular weight excluding hydrogens is 412 g/mol. The summed E-state index contributed by atoms with van der Waals surface area (Å²) in [6, 6.07) is 11.4. The molecule has 1 saturated heterocycles. The summed E-state index contributed by atoms with van der Waals surface area (Å²) < 4.78 is 1.82. The molecule has 8 heteroatoms. The lowest BCUT2D eigenvalue weighted by molar-refractivity contribution is 0.234. The summed E-state index contributed by atoms with van der Waals surface area (Å²) in [5, 5.41) is 4.55. The SMILES string of the molecule is Cc1c(C=CCN2CCN3c4ccccc4CCC3C2)cnn1-c1cc(N(C)C)nc(N)n1. The van der Waals surface area contributed by atoms with Crippen LogP contribution in [0.3, 0.4) is 0 Å². The van der Waals surface area contributed by atoms with Gasteiger partial charge < -0.3 is 15.5 Å². The van der Waals surface area contributed by atoms with Crippen molar-refractivity contribution >= 4 is 23.5 Å². The molecule has 1 unspecified atom stereocenters. The molecule has 0 aliphatic carbocycles. The quantitative estimate of drug-likeness (QED) is 0.648. The van der Waals surface area contributed by atoms with Gasteiger partial charge in [0.1, 0.15) is 5.82 Å². The smallest absolute Gasteiger partial charge is 0.224 e. The molecule has 4 heterocycles. The van der Waals surface area contributed by atoms with E-state index in [0.717, 1.165) is 43.3 Å². The fourth-order valence-corrected chi connectivity index (χ4v) is 4.90. The number of hydrogen-bond donors (Lipinski definition) is 1. The Morgan fingerprint density at radius 1 is 1.18 bits per heavy atom. The van der Waals surface area contributed by atoms with E-state index in [4.69, 9.17) is 5.73 Å². The Kier molecular flexibility index (Phi) is 5.76. The zero-order valence-electron chi connectivity index (χ0n) is 19.6. The Balaban J connectivity index is 1.24. The van der Waals surface area contributed by atoms with Gasteiger partial charge >= 0.3 is 0 Å². The van der Waals surface area contributed by atoms with Crippen molar-refractivity contribution in [3.8, 4) is 5.82 Å². The van der Waals surface area contributed by atoms with Gasteiger partial charge in [0.05, 0.1) is 11.9 Å². The van der Waals surface area contributed by atoms with Gasteiger partial charge in [0.25, 0.3) is 0 Å². The summed E-state index contributed by atoms with van der Waals surface area (Å²) in [5.74, 6) is 1.68. The maximum atomic E-state index is 5.91. The van der Waals surface area contributed by atoms with E-state index in [1.165, 1.54) is 24.1 Å². The van der Waals surface area contributed by atoms with Crippen LogP contribution in [0.2, 0.25) is 0 Å². The number of para-hydroxylation sites is 1. The Morgan fingerprint density at radius 3 is 2.88 bits per heavy atom. The Bertz CT molecular complexity index is 1160. The lowest BCUT2D eigenvalue weighted by Crippen LogP contribution is -2.55. The molecule has 0 radical (unpaired) electrons. The summed E-state index contributed by atoms with van der Waals surface area (Å²) in [6.07, 6.45) is 8.72. The molecule has 3 aromatic rings. The third-order valence-corrected chi connectivity index (χ3v) is 6.72. The van der Waals surface area contributed by atoms with Gasteiger partial charge in [0, 0.05) is 63.6 Å². The minimum atomic E-state index is 0.243. The molecule has 0 spiro atoms. The Labute approximate surface area is 195 Å². The highest BCUT2D eigenvalue weighted by atomic mass is 15.3.